The van der Waals surface area contributed by atoms with E-state index in [4.69, 9.17) is 9.98 Å². The van der Waals surface area contributed by atoms with Gasteiger partial charge in [-0.15, -0.1) is 0 Å². The Morgan fingerprint density at radius 3 is 1.63 bits per heavy atom. The molecule has 0 fully saturated rings. The van der Waals surface area contributed by atoms with Gasteiger partial charge in [-0.05, 0) is 95.1 Å². The Balaban J connectivity index is 1.09. The quantitative estimate of drug-likeness (QED) is 0.172. The van der Waals surface area contributed by atoms with Gasteiger partial charge in [-0.2, -0.15) is 0 Å². The number of aliphatic imine (C=N–C) groups is 2. The third kappa shape index (κ3) is 4.99. The molecule has 286 valence electrons. The number of para-hydroxylation sites is 4. The second-order valence-corrected chi connectivity index (χ2v) is 16.7. The summed E-state index contributed by atoms with van der Waals surface area (Å²) in [5.41, 5.74) is 15.3. The summed E-state index contributed by atoms with van der Waals surface area (Å²) in [5, 5.41) is 4.78. The Bertz CT molecular complexity index is 3420. The molecule has 0 saturated heterocycles. The first-order chi connectivity index (χ1) is 29.5. The van der Waals surface area contributed by atoms with Gasteiger partial charge in [0, 0.05) is 62.1 Å². The number of benzene rings is 8. The molecule has 0 amide bonds. The van der Waals surface area contributed by atoms with Crippen LogP contribution in [-0.2, 0) is 5.41 Å². The first-order valence-electron chi connectivity index (χ1n) is 20.8. The molecule has 5 nitrogen and oxygen atoms in total. The molecule has 12 rings (SSSR count). The third-order valence-electron chi connectivity index (χ3n) is 13.0. The highest BCUT2D eigenvalue weighted by Gasteiger charge is 2.39. The Kier molecular flexibility index (Phi) is 7.48. The fraction of sp³-hybridized carbons (Fsp3) is 0.0909. The molecule has 0 N–H and O–H groups in total. The van der Waals surface area contributed by atoms with Crippen molar-refractivity contribution in [2.75, 3.05) is 7.05 Å². The predicted molar refractivity (Wildman–Crippen MR) is 249 cm³/mol. The van der Waals surface area contributed by atoms with Crippen molar-refractivity contribution in [1.29, 1.82) is 0 Å². The highest BCUT2D eigenvalue weighted by atomic mass is 15.3. The first kappa shape index (κ1) is 34.5. The lowest BCUT2D eigenvalue weighted by Crippen LogP contribution is -2.36. The Morgan fingerprint density at radius 1 is 0.467 bits per heavy atom. The zero-order valence-corrected chi connectivity index (χ0v) is 33.7. The summed E-state index contributed by atoms with van der Waals surface area (Å²) < 4.78 is 4.72. The molecule has 10 aromatic rings. The van der Waals surface area contributed by atoms with Crippen LogP contribution in [0.4, 0.5) is 0 Å². The van der Waals surface area contributed by atoms with Crippen molar-refractivity contribution < 1.29 is 0 Å². The van der Waals surface area contributed by atoms with Crippen LogP contribution in [0.2, 0.25) is 0 Å². The molecule has 0 bridgehead atoms. The van der Waals surface area contributed by atoms with Crippen molar-refractivity contribution in [3.8, 4) is 22.5 Å². The highest BCUT2D eigenvalue weighted by Crippen LogP contribution is 2.52. The van der Waals surface area contributed by atoms with E-state index in [1.54, 1.807) is 0 Å². The molecular formula is C55H41N5. The van der Waals surface area contributed by atoms with E-state index < -0.39 is 0 Å². The Morgan fingerprint density at radius 2 is 0.983 bits per heavy atom. The van der Waals surface area contributed by atoms with Crippen LogP contribution in [0.15, 0.2) is 198 Å². The van der Waals surface area contributed by atoms with Gasteiger partial charge in [0.15, 0.2) is 12.0 Å². The number of aromatic nitrogens is 2. The molecule has 5 heteroatoms. The van der Waals surface area contributed by atoms with Crippen molar-refractivity contribution in [2.45, 2.75) is 25.4 Å². The van der Waals surface area contributed by atoms with Crippen LogP contribution >= 0.6 is 0 Å². The summed E-state index contributed by atoms with van der Waals surface area (Å²) in [6.45, 7) is 4.69. The zero-order valence-electron chi connectivity index (χ0n) is 33.7. The van der Waals surface area contributed by atoms with Gasteiger partial charge in [0.05, 0.1) is 22.1 Å². The molecule has 0 spiro atoms. The van der Waals surface area contributed by atoms with Crippen molar-refractivity contribution in [3.05, 3.63) is 216 Å². The minimum absolute atomic E-state index is 0.130. The minimum Gasteiger partial charge on any atom is -0.333 e. The average molecular weight is 772 g/mol. The van der Waals surface area contributed by atoms with Crippen LogP contribution in [0, 0.1) is 0 Å². The van der Waals surface area contributed by atoms with Gasteiger partial charge in [-0.3, -0.25) is 0 Å². The standard InChI is InChI=1S/C55H41N5/c1-55(2)45-25-13-10-23-41(45)51-42(24-16-26-46(51)55)54-57-52(35-29-31-49-43(33-35)39-21-11-14-27-47(39)59(49)37-17-6-4-7-18-37)56-53(58(54)3)36-30-32-50-44(34-36)40-22-12-15-28-48(40)60(50)38-19-8-5-9-20-38/h4-34,54H,1-3H3. The fourth-order valence-corrected chi connectivity index (χ4v) is 10.1. The smallest absolute Gasteiger partial charge is 0.159 e. The maximum Gasteiger partial charge on any atom is 0.159 e. The molecule has 0 radical (unpaired) electrons. The van der Waals surface area contributed by atoms with E-state index in [-0.39, 0.29) is 11.6 Å². The number of hydrogen-bond acceptors (Lipinski definition) is 3. The number of fused-ring (bicyclic) bond motifs is 9. The number of hydrogen-bond donors (Lipinski definition) is 0. The van der Waals surface area contributed by atoms with E-state index in [0.717, 1.165) is 45.2 Å². The molecule has 3 heterocycles. The van der Waals surface area contributed by atoms with E-state index in [0.29, 0.717) is 0 Å². The largest absolute Gasteiger partial charge is 0.333 e. The molecule has 8 aromatic carbocycles. The fourth-order valence-electron chi connectivity index (χ4n) is 10.1. The van der Waals surface area contributed by atoms with Gasteiger partial charge < -0.3 is 14.0 Å². The minimum atomic E-state index is -0.327. The van der Waals surface area contributed by atoms with Gasteiger partial charge in [0.1, 0.15) is 5.84 Å². The summed E-state index contributed by atoms with van der Waals surface area (Å²) in [6, 6.07) is 67.9. The van der Waals surface area contributed by atoms with E-state index in [2.05, 4.69) is 223 Å². The van der Waals surface area contributed by atoms with E-state index >= 15 is 0 Å². The highest BCUT2D eigenvalue weighted by molar-refractivity contribution is 6.18. The Hall–Kier alpha value is -7.50. The zero-order chi connectivity index (χ0) is 40.1. The predicted octanol–water partition coefficient (Wildman–Crippen LogP) is 13.0. The van der Waals surface area contributed by atoms with Crippen LogP contribution in [-0.4, -0.2) is 32.8 Å². The Labute approximate surface area is 348 Å². The molecule has 2 aliphatic rings. The van der Waals surface area contributed by atoms with Crippen molar-refractivity contribution in [3.63, 3.8) is 0 Å². The van der Waals surface area contributed by atoms with Crippen LogP contribution < -0.4 is 0 Å². The van der Waals surface area contributed by atoms with Crippen LogP contribution in [0.5, 0.6) is 0 Å². The van der Waals surface area contributed by atoms with Gasteiger partial charge in [0.25, 0.3) is 0 Å². The number of amidine groups is 2. The molecule has 60 heavy (non-hydrogen) atoms. The van der Waals surface area contributed by atoms with Gasteiger partial charge in [0.2, 0.25) is 0 Å². The van der Waals surface area contributed by atoms with Crippen LogP contribution in [0.3, 0.4) is 0 Å². The van der Waals surface area contributed by atoms with E-state index in [1.165, 1.54) is 60.4 Å². The van der Waals surface area contributed by atoms with Crippen LogP contribution in [0.25, 0.3) is 66.1 Å². The maximum atomic E-state index is 5.63. The summed E-state index contributed by atoms with van der Waals surface area (Å²) in [7, 11) is 2.16. The van der Waals surface area contributed by atoms with Crippen molar-refractivity contribution in [1.82, 2.24) is 14.0 Å². The third-order valence-corrected chi connectivity index (χ3v) is 13.0. The molecule has 1 unspecified atom stereocenters. The molecule has 1 atom stereocenters. The number of rotatable bonds is 5. The van der Waals surface area contributed by atoms with Crippen LogP contribution in [0.1, 0.15) is 47.8 Å². The molecule has 1 aliphatic heterocycles. The molecule has 0 saturated carbocycles. The summed E-state index contributed by atoms with van der Waals surface area (Å²) in [6.07, 6.45) is -0.327. The molecular weight excluding hydrogens is 731 g/mol. The summed E-state index contributed by atoms with van der Waals surface area (Å²) in [5.74, 6) is 1.61. The lowest BCUT2D eigenvalue weighted by Gasteiger charge is -2.34. The lowest BCUT2D eigenvalue weighted by molar-refractivity contribution is 0.383. The van der Waals surface area contributed by atoms with Crippen molar-refractivity contribution in [2.24, 2.45) is 9.98 Å². The number of nitrogens with zero attached hydrogens (tertiary/aromatic N) is 5. The first-order valence-corrected chi connectivity index (χ1v) is 20.8. The SMILES string of the molecule is CN1C(c2ccc3c(c2)c2ccccc2n3-c2ccccc2)=NC(c2ccc3c(c2)c2ccccc2n3-c2ccccc2)=NC1c1cccc2c1-c1ccccc1C2(C)C. The second-order valence-electron chi connectivity index (χ2n) is 16.7. The van der Waals surface area contributed by atoms with Crippen molar-refractivity contribution >= 4 is 55.3 Å². The monoisotopic (exact) mass is 771 g/mol. The molecule has 2 aromatic heterocycles. The van der Waals surface area contributed by atoms with Gasteiger partial charge >= 0.3 is 0 Å². The second kappa shape index (κ2) is 13.0. The summed E-state index contributed by atoms with van der Waals surface area (Å²) >= 11 is 0. The molecule has 1 aliphatic carbocycles. The normalized spacial score (nSPS) is 15.7. The summed E-state index contributed by atoms with van der Waals surface area (Å²) in [4.78, 5) is 13.4. The van der Waals surface area contributed by atoms with E-state index in [9.17, 15) is 0 Å². The van der Waals surface area contributed by atoms with E-state index in [1.807, 2.05) is 0 Å². The maximum absolute atomic E-state index is 5.63. The van der Waals surface area contributed by atoms with Gasteiger partial charge in [-0.1, -0.05) is 129 Å². The van der Waals surface area contributed by atoms with Gasteiger partial charge in [-0.25, -0.2) is 9.98 Å². The lowest BCUT2D eigenvalue weighted by atomic mass is 9.82. The average Bonchev–Trinajstić information content (AvgIpc) is 3.89. The topological polar surface area (TPSA) is 37.8 Å².